The van der Waals surface area contributed by atoms with Gasteiger partial charge in [-0.15, -0.1) is 11.3 Å². The predicted molar refractivity (Wildman–Crippen MR) is 161 cm³/mol. The van der Waals surface area contributed by atoms with Crippen molar-refractivity contribution in [2.24, 2.45) is 0 Å². The summed E-state index contributed by atoms with van der Waals surface area (Å²) < 4.78 is 10.6. The number of ether oxygens (including phenoxy) is 2. The first-order valence-corrected chi connectivity index (χ1v) is 14.8. The molecular formula is C30H32Cl2N2O5S. The first-order valence-electron chi connectivity index (χ1n) is 13.2. The number of aromatic nitrogens is 1. The standard InChI is InChI=1S/C30H32Cl2N2O5S/c1-4-5-8-19(38-2)11-10-17-7-6-9-21-20(17)12-13-26-27(21)33-30(40-26)34-28(35)18-14-23(31)22(24(32)15-18)16-25(39-3)29(36)37/h6-7,9,14-16,19H,4-5,8,10-13H2,1-3H3,(H,36,37)(H,33,34,35)/b25-16+. The van der Waals surface area contributed by atoms with Gasteiger partial charge < -0.3 is 14.6 Å². The first-order chi connectivity index (χ1) is 19.2. The molecular weight excluding hydrogens is 571 g/mol. The summed E-state index contributed by atoms with van der Waals surface area (Å²) in [5, 5.41) is 12.8. The molecule has 0 fully saturated rings. The van der Waals surface area contributed by atoms with E-state index in [2.05, 4.69) is 30.4 Å². The minimum atomic E-state index is -1.26. The summed E-state index contributed by atoms with van der Waals surface area (Å²) in [6.45, 7) is 2.20. The van der Waals surface area contributed by atoms with E-state index < -0.39 is 11.9 Å². The normalized spacial score (nSPS) is 13.4. The molecule has 7 nitrogen and oxygen atoms in total. The third-order valence-electron chi connectivity index (χ3n) is 7.04. The van der Waals surface area contributed by atoms with Crippen molar-refractivity contribution >= 4 is 57.6 Å². The molecule has 2 N–H and O–H groups in total. The highest BCUT2D eigenvalue weighted by molar-refractivity contribution is 7.16. The molecule has 0 saturated heterocycles. The van der Waals surface area contributed by atoms with Gasteiger partial charge in [0.1, 0.15) is 0 Å². The average Bonchev–Trinajstić information content (AvgIpc) is 3.35. The van der Waals surface area contributed by atoms with E-state index in [0.29, 0.717) is 5.13 Å². The van der Waals surface area contributed by atoms with Crippen molar-refractivity contribution < 1.29 is 24.2 Å². The van der Waals surface area contributed by atoms with Crippen LogP contribution in [0.3, 0.4) is 0 Å². The van der Waals surface area contributed by atoms with Crippen LogP contribution in [0.1, 0.15) is 64.5 Å². The van der Waals surface area contributed by atoms with E-state index >= 15 is 0 Å². The van der Waals surface area contributed by atoms with E-state index in [1.807, 2.05) is 0 Å². The van der Waals surface area contributed by atoms with Gasteiger partial charge in [-0.05, 0) is 61.4 Å². The van der Waals surface area contributed by atoms with E-state index in [4.69, 9.17) is 37.7 Å². The molecule has 0 spiro atoms. The van der Waals surface area contributed by atoms with Crippen LogP contribution in [0.4, 0.5) is 5.13 Å². The Kier molecular flexibility index (Phi) is 10.2. The zero-order valence-corrected chi connectivity index (χ0v) is 25.0. The molecule has 1 amide bonds. The van der Waals surface area contributed by atoms with Gasteiger partial charge in [-0.3, -0.25) is 10.1 Å². The van der Waals surface area contributed by atoms with E-state index in [1.54, 1.807) is 7.11 Å². The van der Waals surface area contributed by atoms with E-state index in [1.165, 1.54) is 54.2 Å². The van der Waals surface area contributed by atoms with Crippen molar-refractivity contribution in [3.63, 3.8) is 0 Å². The van der Waals surface area contributed by atoms with Gasteiger partial charge in [-0.1, -0.05) is 61.2 Å². The maximum absolute atomic E-state index is 13.1. The third-order valence-corrected chi connectivity index (χ3v) is 8.70. The summed E-state index contributed by atoms with van der Waals surface area (Å²) in [6.07, 6.45) is 8.63. The number of nitrogens with one attached hydrogen (secondary N) is 1. The van der Waals surface area contributed by atoms with Crippen LogP contribution in [0.2, 0.25) is 10.0 Å². The maximum Gasteiger partial charge on any atom is 0.371 e. The average molecular weight is 604 g/mol. The van der Waals surface area contributed by atoms with Gasteiger partial charge >= 0.3 is 5.97 Å². The Morgan fingerprint density at radius 2 is 1.93 bits per heavy atom. The molecule has 1 unspecified atom stereocenters. The molecule has 0 bridgehead atoms. The second-order valence-corrected chi connectivity index (χ2v) is 11.5. The number of aryl methyl sites for hydroxylation is 2. The van der Waals surface area contributed by atoms with E-state index in [9.17, 15) is 14.7 Å². The largest absolute Gasteiger partial charge is 0.490 e. The highest BCUT2D eigenvalue weighted by Gasteiger charge is 2.24. The summed E-state index contributed by atoms with van der Waals surface area (Å²) in [7, 11) is 3.03. The summed E-state index contributed by atoms with van der Waals surface area (Å²) in [5.41, 5.74) is 5.16. The van der Waals surface area contributed by atoms with Crippen molar-refractivity contribution in [3.8, 4) is 11.3 Å². The fraction of sp³-hybridized carbons (Fsp3) is 0.367. The van der Waals surface area contributed by atoms with Crippen LogP contribution >= 0.6 is 34.5 Å². The van der Waals surface area contributed by atoms with Gasteiger partial charge in [0.25, 0.3) is 5.91 Å². The van der Waals surface area contributed by atoms with Crippen LogP contribution in [0, 0.1) is 0 Å². The lowest BCUT2D eigenvalue weighted by Crippen LogP contribution is -2.13. The predicted octanol–water partition coefficient (Wildman–Crippen LogP) is 7.68. The quantitative estimate of drug-likeness (QED) is 0.163. The molecule has 40 heavy (non-hydrogen) atoms. The molecule has 0 radical (unpaired) electrons. The van der Waals surface area contributed by atoms with Crippen molar-refractivity contribution in [1.82, 2.24) is 4.98 Å². The molecule has 2 aromatic carbocycles. The Hall–Kier alpha value is -2.91. The number of rotatable bonds is 12. The van der Waals surface area contributed by atoms with Crippen molar-refractivity contribution in [3.05, 3.63) is 73.3 Å². The molecule has 1 aromatic heterocycles. The summed E-state index contributed by atoms with van der Waals surface area (Å²) in [6, 6.07) is 9.25. The molecule has 0 aliphatic heterocycles. The number of thiazole rings is 1. The van der Waals surface area contributed by atoms with E-state index in [0.717, 1.165) is 54.7 Å². The zero-order chi connectivity index (χ0) is 28.8. The number of halogens is 2. The Bertz CT molecular complexity index is 1410. The first kappa shape index (κ1) is 30.1. The molecule has 0 saturated carbocycles. The van der Waals surface area contributed by atoms with Crippen LogP contribution < -0.4 is 5.32 Å². The number of fused-ring (bicyclic) bond motifs is 3. The minimum Gasteiger partial charge on any atom is -0.490 e. The fourth-order valence-corrected chi connectivity index (χ4v) is 6.47. The number of carbonyl (C=O) groups is 2. The van der Waals surface area contributed by atoms with Gasteiger partial charge in [-0.2, -0.15) is 0 Å². The highest BCUT2D eigenvalue weighted by Crippen LogP contribution is 2.40. The van der Waals surface area contributed by atoms with Gasteiger partial charge in [0.2, 0.25) is 5.76 Å². The smallest absolute Gasteiger partial charge is 0.371 e. The summed E-state index contributed by atoms with van der Waals surface area (Å²) >= 11 is 14.1. The van der Waals surface area contributed by atoms with Crippen molar-refractivity contribution in [2.75, 3.05) is 19.5 Å². The number of anilines is 1. The number of nitrogens with zero attached hydrogens (tertiary/aromatic N) is 1. The van der Waals surface area contributed by atoms with Crippen molar-refractivity contribution in [1.29, 1.82) is 0 Å². The Labute approximate surface area is 248 Å². The third kappa shape index (κ3) is 6.86. The number of methoxy groups -OCH3 is 2. The van der Waals surface area contributed by atoms with Crippen LogP contribution in [0.5, 0.6) is 0 Å². The fourth-order valence-electron chi connectivity index (χ4n) is 4.90. The molecule has 212 valence electrons. The number of aliphatic carboxylic acids is 1. The number of carboxylic acids is 1. The van der Waals surface area contributed by atoms with Crippen LogP contribution in [0.25, 0.3) is 17.3 Å². The number of unbranched alkanes of at least 4 members (excludes halogenated alkanes) is 1. The number of carbonyl (C=O) groups excluding carboxylic acids is 1. The lowest BCUT2D eigenvalue weighted by Gasteiger charge is -2.20. The van der Waals surface area contributed by atoms with Gasteiger partial charge in [0, 0.05) is 28.7 Å². The van der Waals surface area contributed by atoms with Gasteiger partial charge in [0.05, 0.1) is 29.0 Å². The number of carboxylic acid groups (broad SMARTS) is 1. The van der Waals surface area contributed by atoms with Crippen LogP contribution in [-0.2, 0) is 33.5 Å². The second kappa shape index (κ2) is 13.6. The lowest BCUT2D eigenvalue weighted by molar-refractivity contribution is -0.135. The van der Waals surface area contributed by atoms with Crippen molar-refractivity contribution in [2.45, 2.75) is 58.0 Å². The molecule has 1 aliphatic carbocycles. The SMILES string of the molecule is CCCCC(CCc1cccc2c1CCc1sc(NC(=O)c3cc(Cl)c(/C=C(/OC)C(=O)O)c(Cl)c3)nc1-2)OC. The number of hydrogen-bond acceptors (Lipinski definition) is 6. The second-order valence-electron chi connectivity index (χ2n) is 9.60. The summed E-state index contributed by atoms with van der Waals surface area (Å²) in [4.78, 5) is 30.3. The Morgan fingerprint density at radius 1 is 1.18 bits per heavy atom. The van der Waals surface area contributed by atoms with E-state index in [-0.39, 0.29) is 33.0 Å². The molecule has 1 heterocycles. The molecule has 1 atom stereocenters. The molecule has 3 aromatic rings. The van der Waals surface area contributed by atoms with Crippen LogP contribution in [-0.4, -0.2) is 42.3 Å². The Morgan fingerprint density at radius 3 is 2.58 bits per heavy atom. The molecule has 10 heteroatoms. The van der Waals surface area contributed by atoms with Gasteiger partial charge in [0.15, 0.2) is 5.13 Å². The lowest BCUT2D eigenvalue weighted by atomic mass is 9.87. The Balaban J connectivity index is 1.52. The minimum absolute atomic E-state index is 0.124. The molecule has 4 rings (SSSR count). The summed E-state index contributed by atoms with van der Waals surface area (Å²) in [5.74, 6) is -2.00. The topological polar surface area (TPSA) is 97.8 Å². The maximum atomic E-state index is 13.1. The zero-order valence-electron chi connectivity index (χ0n) is 22.7. The highest BCUT2D eigenvalue weighted by atomic mass is 35.5. The van der Waals surface area contributed by atoms with Crippen LogP contribution in [0.15, 0.2) is 36.1 Å². The molecule has 1 aliphatic rings. The number of amides is 1. The monoisotopic (exact) mass is 602 g/mol. The van der Waals surface area contributed by atoms with Gasteiger partial charge in [-0.25, -0.2) is 9.78 Å². The number of hydrogen-bond donors (Lipinski definition) is 2. The number of benzene rings is 2.